The van der Waals surface area contributed by atoms with E-state index in [2.05, 4.69) is 10.3 Å². The number of aromatic amines is 1. The molecule has 0 aliphatic heterocycles. The number of nitrogens with zero attached hydrogens (tertiary/aromatic N) is 2. The van der Waals surface area contributed by atoms with Crippen molar-refractivity contribution in [3.63, 3.8) is 0 Å². The van der Waals surface area contributed by atoms with E-state index < -0.39 is 17.7 Å². The van der Waals surface area contributed by atoms with Crippen molar-refractivity contribution in [1.29, 1.82) is 0 Å². The highest BCUT2D eigenvalue weighted by Gasteiger charge is 2.24. The predicted molar refractivity (Wildman–Crippen MR) is 159 cm³/mol. The van der Waals surface area contributed by atoms with Gasteiger partial charge >= 0.3 is 6.03 Å². The first-order chi connectivity index (χ1) is 20.2. The Morgan fingerprint density at radius 3 is 2.43 bits per heavy atom. The van der Waals surface area contributed by atoms with Crippen molar-refractivity contribution < 1.29 is 27.8 Å². The molecule has 0 aliphatic rings. The molecule has 3 amide bonds. The van der Waals surface area contributed by atoms with Gasteiger partial charge in [-0.25, -0.2) is 13.6 Å². The first-order valence-electron chi connectivity index (χ1n) is 13.7. The third kappa shape index (κ3) is 7.57. The van der Waals surface area contributed by atoms with E-state index in [9.17, 15) is 18.4 Å². The van der Waals surface area contributed by atoms with Gasteiger partial charge in [-0.1, -0.05) is 38.1 Å². The highest BCUT2D eigenvalue weighted by molar-refractivity contribution is 5.92. The number of nitrogens with one attached hydrogen (secondary N) is 2. The van der Waals surface area contributed by atoms with Gasteiger partial charge in [0.15, 0.2) is 11.5 Å². The Morgan fingerprint density at radius 1 is 0.952 bits per heavy atom. The van der Waals surface area contributed by atoms with E-state index in [4.69, 9.17) is 9.47 Å². The molecule has 1 aromatic heterocycles. The van der Waals surface area contributed by atoms with Crippen LogP contribution in [0.1, 0.15) is 25.0 Å². The molecule has 0 bridgehead atoms. The van der Waals surface area contributed by atoms with Crippen LogP contribution in [0.5, 0.6) is 11.5 Å². The molecule has 42 heavy (non-hydrogen) atoms. The molecule has 4 aromatic rings. The number of benzene rings is 3. The van der Waals surface area contributed by atoms with Crippen LogP contribution in [-0.2, 0) is 17.8 Å². The Bertz CT molecular complexity index is 1540. The summed E-state index contributed by atoms with van der Waals surface area (Å²) in [6.07, 6.45) is 2.53. The van der Waals surface area contributed by atoms with Crippen molar-refractivity contribution in [3.8, 4) is 11.5 Å². The van der Waals surface area contributed by atoms with Crippen molar-refractivity contribution in [2.45, 2.75) is 26.8 Å². The Morgan fingerprint density at radius 2 is 1.71 bits per heavy atom. The van der Waals surface area contributed by atoms with Crippen LogP contribution in [0, 0.1) is 17.6 Å². The topological polar surface area (TPSA) is 86.9 Å². The zero-order valence-electron chi connectivity index (χ0n) is 24.2. The number of amides is 3. The summed E-state index contributed by atoms with van der Waals surface area (Å²) in [6.45, 7) is 4.52. The minimum Gasteiger partial charge on any atom is -0.493 e. The summed E-state index contributed by atoms with van der Waals surface area (Å²) >= 11 is 0. The van der Waals surface area contributed by atoms with Crippen LogP contribution < -0.4 is 14.8 Å². The molecule has 2 N–H and O–H groups in total. The Hall–Kier alpha value is -4.60. The second kappa shape index (κ2) is 13.8. The fourth-order valence-corrected chi connectivity index (χ4v) is 4.79. The van der Waals surface area contributed by atoms with Crippen LogP contribution in [0.2, 0.25) is 0 Å². The Kier molecular flexibility index (Phi) is 10.0. The number of para-hydroxylation sites is 1. The van der Waals surface area contributed by atoms with Gasteiger partial charge in [-0.3, -0.25) is 4.79 Å². The van der Waals surface area contributed by atoms with E-state index >= 15 is 0 Å². The molecule has 10 heteroatoms. The van der Waals surface area contributed by atoms with E-state index in [1.54, 1.807) is 25.2 Å². The third-order valence-electron chi connectivity index (χ3n) is 6.87. The third-order valence-corrected chi connectivity index (χ3v) is 6.87. The fraction of sp³-hybridized carbons (Fsp3) is 0.312. The number of aromatic nitrogens is 1. The van der Waals surface area contributed by atoms with Gasteiger partial charge in [-0.2, -0.15) is 0 Å². The SMILES string of the molecule is COc1ccc(CN(CCc2c[nH]c3ccccc23)C(=O)CN(CC(C)C)C(=O)Nc2ccc(F)cc2F)cc1OC. The minimum absolute atomic E-state index is 0.0344. The molecule has 0 atom stereocenters. The summed E-state index contributed by atoms with van der Waals surface area (Å²) in [7, 11) is 3.11. The van der Waals surface area contributed by atoms with Crippen LogP contribution in [0.3, 0.4) is 0 Å². The number of hydrogen-bond acceptors (Lipinski definition) is 4. The number of anilines is 1. The van der Waals surface area contributed by atoms with Gasteiger partial charge in [0.25, 0.3) is 0 Å². The summed E-state index contributed by atoms with van der Waals surface area (Å²) in [6, 6.07) is 15.7. The first kappa shape index (κ1) is 30.4. The minimum atomic E-state index is -0.895. The molecule has 0 aliphatic carbocycles. The number of carbonyl (C=O) groups is 2. The molecule has 0 saturated carbocycles. The fourth-order valence-electron chi connectivity index (χ4n) is 4.79. The van der Waals surface area contributed by atoms with Gasteiger partial charge < -0.3 is 29.6 Å². The molecular weight excluding hydrogens is 542 g/mol. The summed E-state index contributed by atoms with van der Waals surface area (Å²) < 4.78 is 38.4. The Labute approximate surface area is 244 Å². The molecular formula is C32H36F2N4O4. The maximum atomic E-state index is 14.3. The van der Waals surface area contributed by atoms with Gasteiger partial charge in [-0.15, -0.1) is 0 Å². The van der Waals surface area contributed by atoms with Gasteiger partial charge in [-0.05, 0) is 53.8 Å². The lowest BCUT2D eigenvalue weighted by atomic mass is 10.1. The number of hydrogen-bond donors (Lipinski definition) is 2. The highest BCUT2D eigenvalue weighted by Crippen LogP contribution is 2.28. The summed E-state index contributed by atoms with van der Waals surface area (Å²) in [5.41, 5.74) is 2.75. The van der Waals surface area contributed by atoms with Crippen molar-refractivity contribution >= 4 is 28.5 Å². The van der Waals surface area contributed by atoms with Gasteiger partial charge in [0.05, 0.1) is 19.9 Å². The van der Waals surface area contributed by atoms with Crippen LogP contribution in [0.4, 0.5) is 19.3 Å². The van der Waals surface area contributed by atoms with Gasteiger partial charge in [0.1, 0.15) is 18.2 Å². The number of rotatable bonds is 12. The zero-order valence-corrected chi connectivity index (χ0v) is 24.2. The number of carbonyl (C=O) groups excluding carboxylic acids is 2. The van der Waals surface area contributed by atoms with Crippen LogP contribution >= 0.6 is 0 Å². The molecule has 0 saturated heterocycles. The lowest BCUT2D eigenvalue weighted by Gasteiger charge is -2.29. The second-order valence-corrected chi connectivity index (χ2v) is 10.4. The monoisotopic (exact) mass is 578 g/mol. The van der Waals surface area contributed by atoms with Crippen molar-refractivity contribution in [1.82, 2.24) is 14.8 Å². The number of ether oxygens (including phenoxy) is 2. The number of urea groups is 1. The number of fused-ring (bicyclic) bond motifs is 1. The van der Waals surface area contributed by atoms with E-state index in [1.165, 1.54) is 4.90 Å². The molecule has 3 aromatic carbocycles. The summed E-state index contributed by atoms with van der Waals surface area (Å²) in [5.74, 6) is -0.771. The molecule has 8 nitrogen and oxygen atoms in total. The maximum absolute atomic E-state index is 14.3. The number of H-pyrrole nitrogens is 1. The van der Waals surface area contributed by atoms with Crippen LogP contribution in [0.15, 0.2) is 66.9 Å². The molecule has 0 radical (unpaired) electrons. The standard InChI is InChI=1S/C32H36F2N4O4/c1-21(2)18-38(32(40)36-28-11-10-24(33)16-26(28)34)20-31(39)37(19-22-9-12-29(41-3)30(15-22)42-4)14-13-23-17-35-27-8-6-5-7-25(23)27/h5-12,15-17,21,35H,13-14,18-20H2,1-4H3,(H,36,40). The molecule has 1 heterocycles. The molecule has 4 rings (SSSR count). The largest absolute Gasteiger partial charge is 0.493 e. The normalized spacial score (nSPS) is 11.0. The van der Waals surface area contributed by atoms with Gasteiger partial charge in [0.2, 0.25) is 5.91 Å². The Balaban J connectivity index is 1.57. The summed E-state index contributed by atoms with van der Waals surface area (Å²) in [4.78, 5) is 33.3. The van der Waals surface area contributed by atoms with E-state index in [-0.39, 0.29) is 37.1 Å². The smallest absolute Gasteiger partial charge is 0.322 e. The van der Waals surface area contributed by atoms with Crippen LogP contribution in [0.25, 0.3) is 10.9 Å². The van der Waals surface area contributed by atoms with Crippen molar-refractivity contribution in [2.24, 2.45) is 5.92 Å². The first-order valence-corrected chi connectivity index (χ1v) is 13.7. The van der Waals surface area contributed by atoms with E-state index in [0.717, 1.165) is 34.2 Å². The van der Waals surface area contributed by atoms with E-state index in [0.29, 0.717) is 30.5 Å². The second-order valence-electron chi connectivity index (χ2n) is 10.4. The quantitative estimate of drug-likeness (QED) is 0.209. The van der Waals surface area contributed by atoms with Crippen molar-refractivity contribution in [3.05, 3.63) is 89.6 Å². The van der Waals surface area contributed by atoms with Crippen LogP contribution in [-0.4, -0.2) is 60.6 Å². The maximum Gasteiger partial charge on any atom is 0.322 e. The van der Waals surface area contributed by atoms with Crippen molar-refractivity contribution in [2.75, 3.05) is 39.2 Å². The average molecular weight is 579 g/mol. The number of methoxy groups -OCH3 is 2. The summed E-state index contributed by atoms with van der Waals surface area (Å²) in [5, 5.41) is 3.56. The average Bonchev–Trinajstić information content (AvgIpc) is 3.38. The van der Waals surface area contributed by atoms with Gasteiger partial charge in [0, 0.05) is 42.8 Å². The lowest BCUT2D eigenvalue weighted by molar-refractivity contribution is -0.132. The molecule has 0 fully saturated rings. The lowest BCUT2D eigenvalue weighted by Crippen LogP contribution is -2.46. The molecule has 0 spiro atoms. The van der Waals surface area contributed by atoms with E-state index in [1.807, 2.05) is 56.4 Å². The predicted octanol–water partition coefficient (Wildman–Crippen LogP) is 6.22. The molecule has 0 unspecified atom stereocenters. The zero-order chi connectivity index (χ0) is 30.2. The molecule has 222 valence electrons. The highest BCUT2D eigenvalue weighted by atomic mass is 19.1. The number of halogens is 2.